The van der Waals surface area contributed by atoms with Crippen LogP contribution in [0.3, 0.4) is 0 Å². The van der Waals surface area contributed by atoms with Crippen LogP contribution in [0.5, 0.6) is 0 Å². The van der Waals surface area contributed by atoms with Crippen LogP contribution in [0.4, 0.5) is 11.4 Å². The number of nitro groups is 1. The van der Waals surface area contributed by atoms with E-state index in [0.29, 0.717) is 27.9 Å². The molecule has 2 aromatic carbocycles. The fourth-order valence-electron chi connectivity index (χ4n) is 2.23. The van der Waals surface area contributed by atoms with Gasteiger partial charge in [0, 0.05) is 22.9 Å². The number of rotatable bonds is 3. The van der Waals surface area contributed by atoms with Gasteiger partial charge in [0.2, 0.25) is 0 Å². The number of benzene rings is 2. The fourth-order valence-corrected chi connectivity index (χ4v) is 2.23. The number of fused-ring (bicyclic) bond motifs is 1. The Morgan fingerprint density at radius 3 is 2.74 bits per heavy atom. The van der Waals surface area contributed by atoms with Gasteiger partial charge in [0.15, 0.2) is 5.58 Å². The van der Waals surface area contributed by atoms with Gasteiger partial charge in [0.1, 0.15) is 0 Å². The Kier molecular flexibility index (Phi) is 3.41. The van der Waals surface area contributed by atoms with E-state index in [0.717, 1.165) is 0 Å². The lowest BCUT2D eigenvalue weighted by atomic mass is 10.1. The van der Waals surface area contributed by atoms with Crippen molar-refractivity contribution < 1.29 is 14.1 Å². The molecule has 1 amide bonds. The molecular weight excluding hydrogens is 302 g/mol. The molecule has 3 rings (SSSR count). The molecule has 8 nitrogen and oxygen atoms in total. The van der Waals surface area contributed by atoms with E-state index in [1.807, 2.05) is 0 Å². The summed E-state index contributed by atoms with van der Waals surface area (Å²) in [5.74, 6) is -0.984. The van der Waals surface area contributed by atoms with Crippen LogP contribution in [0, 0.1) is 17.0 Å². The van der Waals surface area contributed by atoms with Crippen molar-refractivity contribution in [1.29, 1.82) is 0 Å². The number of oxazole rings is 1. The second-order valence-corrected chi connectivity index (χ2v) is 4.94. The first-order valence-corrected chi connectivity index (χ1v) is 6.63. The lowest BCUT2D eigenvalue weighted by Gasteiger charge is -2.06. The van der Waals surface area contributed by atoms with Gasteiger partial charge in [-0.1, -0.05) is 0 Å². The van der Waals surface area contributed by atoms with E-state index in [2.05, 4.69) is 10.3 Å². The van der Waals surface area contributed by atoms with Crippen molar-refractivity contribution in [3.8, 4) is 0 Å². The molecule has 0 aliphatic carbocycles. The molecule has 0 aliphatic rings. The Hall–Kier alpha value is -3.42. The summed E-state index contributed by atoms with van der Waals surface area (Å²) in [6, 6.07) is 8.85. The monoisotopic (exact) mass is 313 g/mol. The zero-order valence-electron chi connectivity index (χ0n) is 12.0. The lowest BCUT2D eigenvalue weighted by molar-refractivity contribution is -0.385. The average Bonchev–Trinajstić information content (AvgIpc) is 2.86. The molecule has 0 spiro atoms. The number of amides is 1. The summed E-state index contributed by atoms with van der Waals surface area (Å²) in [5.41, 5.74) is 1.98. The van der Waals surface area contributed by atoms with Crippen LogP contribution in [0.2, 0.25) is 0 Å². The minimum atomic E-state index is -0.575. The van der Waals surface area contributed by atoms with Gasteiger partial charge in [-0.15, -0.1) is 0 Å². The normalized spacial score (nSPS) is 10.7. The molecule has 23 heavy (non-hydrogen) atoms. The number of nitrogens with zero attached hydrogens (tertiary/aromatic N) is 1. The number of anilines is 1. The molecule has 2 N–H and O–H groups in total. The van der Waals surface area contributed by atoms with Crippen LogP contribution in [0.15, 0.2) is 45.6 Å². The lowest BCUT2D eigenvalue weighted by Crippen LogP contribution is -2.12. The molecule has 0 atom stereocenters. The maximum absolute atomic E-state index is 12.2. The second kappa shape index (κ2) is 5.41. The standard InChI is InChI=1S/C15H11N3O5/c1-8-6-9(2-4-12(8)18(21)22)14(19)16-10-3-5-13-11(7-10)17-15(20)23-13/h2-7H,1H3,(H,16,19)(H,17,20). The quantitative estimate of drug-likeness (QED) is 0.569. The molecule has 8 heteroatoms. The molecular formula is C15H11N3O5. The molecule has 0 radical (unpaired) electrons. The highest BCUT2D eigenvalue weighted by Crippen LogP contribution is 2.21. The van der Waals surface area contributed by atoms with E-state index >= 15 is 0 Å². The minimum absolute atomic E-state index is 0.0426. The van der Waals surface area contributed by atoms with E-state index < -0.39 is 16.6 Å². The molecule has 0 bridgehead atoms. The highest BCUT2D eigenvalue weighted by molar-refractivity contribution is 6.05. The average molecular weight is 313 g/mol. The summed E-state index contributed by atoms with van der Waals surface area (Å²) in [7, 11) is 0. The van der Waals surface area contributed by atoms with Crippen molar-refractivity contribution in [3.05, 3.63) is 68.2 Å². The van der Waals surface area contributed by atoms with Gasteiger partial charge < -0.3 is 9.73 Å². The van der Waals surface area contributed by atoms with Crippen molar-refractivity contribution in [2.45, 2.75) is 6.92 Å². The third-order valence-corrected chi connectivity index (χ3v) is 3.33. The van der Waals surface area contributed by atoms with Crippen molar-refractivity contribution in [3.63, 3.8) is 0 Å². The van der Waals surface area contributed by atoms with E-state index in [-0.39, 0.29) is 5.69 Å². The van der Waals surface area contributed by atoms with Crippen LogP contribution in [-0.2, 0) is 0 Å². The van der Waals surface area contributed by atoms with Crippen LogP contribution in [-0.4, -0.2) is 15.8 Å². The number of H-pyrrole nitrogens is 1. The van der Waals surface area contributed by atoms with E-state index in [9.17, 15) is 19.7 Å². The molecule has 0 aliphatic heterocycles. The van der Waals surface area contributed by atoms with Gasteiger partial charge in [0.05, 0.1) is 10.4 Å². The number of carbonyl (C=O) groups excluding carboxylic acids is 1. The van der Waals surface area contributed by atoms with Crippen LogP contribution >= 0.6 is 0 Å². The molecule has 116 valence electrons. The Balaban J connectivity index is 1.86. The van der Waals surface area contributed by atoms with Gasteiger partial charge in [-0.25, -0.2) is 4.79 Å². The number of nitrogens with one attached hydrogen (secondary N) is 2. The molecule has 0 unspecified atom stereocenters. The van der Waals surface area contributed by atoms with Gasteiger partial charge in [0.25, 0.3) is 11.6 Å². The summed E-state index contributed by atoms with van der Waals surface area (Å²) < 4.78 is 4.88. The molecule has 3 aromatic rings. The number of aryl methyl sites for hydroxylation is 1. The van der Waals surface area contributed by atoms with E-state index in [1.54, 1.807) is 25.1 Å². The van der Waals surface area contributed by atoms with Gasteiger partial charge in [-0.2, -0.15) is 0 Å². The largest absolute Gasteiger partial charge is 0.417 e. The maximum atomic E-state index is 12.2. The number of aromatic amines is 1. The topological polar surface area (TPSA) is 118 Å². The SMILES string of the molecule is Cc1cc(C(=O)Nc2ccc3oc(=O)[nH]c3c2)ccc1[N+](=O)[O-]. The van der Waals surface area contributed by atoms with E-state index in [4.69, 9.17) is 4.42 Å². The summed E-state index contributed by atoms with van der Waals surface area (Å²) in [6.45, 7) is 1.57. The number of hydrogen-bond donors (Lipinski definition) is 2. The van der Waals surface area contributed by atoms with Gasteiger partial charge in [-0.05, 0) is 37.3 Å². The number of aromatic nitrogens is 1. The molecule has 0 saturated carbocycles. The zero-order chi connectivity index (χ0) is 16.6. The first-order valence-electron chi connectivity index (χ1n) is 6.63. The highest BCUT2D eigenvalue weighted by Gasteiger charge is 2.14. The van der Waals surface area contributed by atoms with Crippen LogP contribution in [0.25, 0.3) is 11.1 Å². The number of nitro benzene ring substituents is 1. The minimum Gasteiger partial charge on any atom is -0.408 e. The fraction of sp³-hybridized carbons (Fsp3) is 0.0667. The van der Waals surface area contributed by atoms with Crippen molar-refractivity contribution >= 4 is 28.4 Å². The summed E-state index contributed by atoms with van der Waals surface area (Å²) in [6.07, 6.45) is 0. The smallest absolute Gasteiger partial charge is 0.408 e. The predicted octanol–water partition coefficient (Wildman–Crippen LogP) is 2.59. The third-order valence-electron chi connectivity index (χ3n) is 3.33. The van der Waals surface area contributed by atoms with Crippen molar-refractivity contribution in [2.24, 2.45) is 0 Å². The summed E-state index contributed by atoms with van der Waals surface area (Å²) in [4.78, 5) is 36.1. The maximum Gasteiger partial charge on any atom is 0.417 e. The zero-order valence-corrected chi connectivity index (χ0v) is 12.0. The Labute approximate surface area is 128 Å². The van der Waals surface area contributed by atoms with Crippen molar-refractivity contribution in [1.82, 2.24) is 4.98 Å². The molecule has 0 saturated heterocycles. The molecule has 1 aromatic heterocycles. The Morgan fingerprint density at radius 2 is 2.04 bits per heavy atom. The first kappa shape index (κ1) is 14.5. The Bertz CT molecular complexity index is 986. The van der Waals surface area contributed by atoms with Crippen LogP contribution in [0.1, 0.15) is 15.9 Å². The van der Waals surface area contributed by atoms with Gasteiger partial charge in [-0.3, -0.25) is 19.9 Å². The summed E-state index contributed by atoms with van der Waals surface area (Å²) in [5, 5.41) is 13.5. The second-order valence-electron chi connectivity index (χ2n) is 4.94. The first-order chi connectivity index (χ1) is 10.9. The highest BCUT2D eigenvalue weighted by atomic mass is 16.6. The Morgan fingerprint density at radius 1 is 1.26 bits per heavy atom. The molecule has 0 fully saturated rings. The van der Waals surface area contributed by atoms with Gasteiger partial charge >= 0.3 is 5.76 Å². The number of hydrogen-bond acceptors (Lipinski definition) is 5. The van der Waals surface area contributed by atoms with Crippen LogP contribution < -0.4 is 11.1 Å². The number of carbonyl (C=O) groups is 1. The third kappa shape index (κ3) is 2.82. The predicted molar refractivity (Wildman–Crippen MR) is 82.6 cm³/mol. The summed E-state index contributed by atoms with van der Waals surface area (Å²) >= 11 is 0. The van der Waals surface area contributed by atoms with E-state index in [1.165, 1.54) is 18.2 Å². The molecule has 1 heterocycles. The van der Waals surface area contributed by atoms with Crippen molar-refractivity contribution in [2.75, 3.05) is 5.32 Å².